The molecule has 1 aromatic carbocycles. The molecule has 0 unspecified atom stereocenters. The van der Waals surface area contributed by atoms with Crippen molar-refractivity contribution in [1.29, 1.82) is 0 Å². The van der Waals surface area contributed by atoms with E-state index in [-0.39, 0.29) is 5.91 Å². The lowest BCUT2D eigenvalue weighted by Gasteiger charge is -2.15. The van der Waals surface area contributed by atoms with Crippen molar-refractivity contribution in [3.8, 4) is 0 Å². The Kier molecular flexibility index (Phi) is 2.69. The van der Waals surface area contributed by atoms with Gasteiger partial charge in [0.2, 0.25) is 5.91 Å². The molecule has 0 saturated carbocycles. The van der Waals surface area contributed by atoms with Crippen LogP contribution in [0.4, 0.5) is 11.4 Å². The van der Waals surface area contributed by atoms with E-state index in [1.54, 1.807) is 25.2 Å². The Hall–Kier alpha value is -1.77. The molecule has 0 atom stereocenters. The maximum atomic E-state index is 11.2. The molecule has 1 amide bonds. The van der Waals surface area contributed by atoms with Crippen LogP contribution < -0.4 is 10.6 Å². The second-order valence-electron chi connectivity index (χ2n) is 2.70. The lowest BCUT2D eigenvalue weighted by atomic mass is 10.2. The summed E-state index contributed by atoms with van der Waals surface area (Å²) in [6.45, 7) is 3.41. The fourth-order valence-electron chi connectivity index (χ4n) is 0.998. The number of carbonyl (C=O) groups is 1. The zero-order chi connectivity index (χ0) is 9.84. The van der Waals surface area contributed by atoms with Crippen LogP contribution in [0.2, 0.25) is 0 Å². The predicted octanol–water partition coefficient (Wildman–Crippen LogP) is 1.42. The lowest BCUT2D eigenvalue weighted by Crippen LogP contribution is -2.23. The van der Waals surface area contributed by atoms with Crippen molar-refractivity contribution in [3.63, 3.8) is 0 Å². The summed E-state index contributed by atoms with van der Waals surface area (Å²) in [5.74, 6) is -0.148. The first-order valence-corrected chi connectivity index (χ1v) is 3.91. The average molecular weight is 176 g/mol. The minimum absolute atomic E-state index is 0.148. The number of anilines is 2. The molecule has 0 saturated heterocycles. The maximum Gasteiger partial charge on any atom is 0.250 e. The minimum atomic E-state index is -0.148. The van der Waals surface area contributed by atoms with E-state index in [1.165, 1.54) is 11.0 Å². The third-order valence-electron chi connectivity index (χ3n) is 1.76. The summed E-state index contributed by atoms with van der Waals surface area (Å²) in [6, 6.07) is 7.13. The van der Waals surface area contributed by atoms with Crippen molar-refractivity contribution in [2.75, 3.05) is 17.7 Å². The standard InChI is InChI=1S/C10H12N2O/c1-3-10(13)12(2)9-6-4-5-8(11)7-9/h3-7H,1,11H2,2H3. The van der Waals surface area contributed by atoms with E-state index in [0.717, 1.165) is 5.69 Å². The number of carbonyl (C=O) groups excluding carboxylic acids is 1. The van der Waals surface area contributed by atoms with Gasteiger partial charge in [0.25, 0.3) is 0 Å². The van der Waals surface area contributed by atoms with Crippen molar-refractivity contribution in [1.82, 2.24) is 0 Å². The van der Waals surface area contributed by atoms with Gasteiger partial charge in [-0.25, -0.2) is 0 Å². The maximum absolute atomic E-state index is 11.2. The molecule has 1 aromatic rings. The molecule has 2 N–H and O–H groups in total. The van der Waals surface area contributed by atoms with Gasteiger partial charge in [-0.15, -0.1) is 0 Å². The summed E-state index contributed by atoms with van der Waals surface area (Å²) >= 11 is 0. The molecule has 3 heteroatoms. The third kappa shape index (κ3) is 2.08. The average Bonchev–Trinajstić information content (AvgIpc) is 2.15. The SMILES string of the molecule is C=CC(=O)N(C)c1cccc(N)c1. The topological polar surface area (TPSA) is 46.3 Å². The van der Waals surface area contributed by atoms with E-state index in [4.69, 9.17) is 5.73 Å². The smallest absolute Gasteiger partial charge is 0.250 e. The zero-order valence-corrected chi connectivity index (χ0v) is 7.53. The Balaban J connectivity index is 2.94. The molecule has 0 spiro atoms. The van der Waals surface area contributed by atoms with E-state index in [2.05, 4.69) is 6.58 Å². The highest BCUT2D eigenvalue weighted by molar-refractivity contribution is 6.00. The van der Waals surface area contributed by atoms with Crippen molar-refractivity contribution < 1.29 is 4.79 Å². The minimum Gasteiger partial charge on any atom is -0.399 e. The van der Waals surface area contributed by atoms with Gasteiger partial charge in [-0.05, 0) is 24.3 Å². The van der Waals surface area contributed by atoms with Gasteiger partial charge in [-0.3, -0.25) is 4.79 Å². The van der Waals surface area contributed by atoms with Crippen LogP contribution in [0, 0.1) is 0 Å². The Morgan fingerprint density at radius 2 is 2.31 bits per heavy atom. The fraction of sp³-hybridized carbons (Fsp3) is 0.100. The molecule has 68 valence electrons. The van der Waals surface area contributed by atoms with E-state index in [0.29, 0.717) is 5.69 Å². The van der Waals surface area contributed by atoms with Gasteiger partial charge in [-0.1, -0.05) is 12.6 Å². The van der Waals surface area contributed by atoms with E-state index in [9.17, 15) is 4.79 Å². The highest BCUT2D eigenvalue weighted by atomic mass is 16.2. The van der Waals surface area contributed by atoms with Crippen LogP contribution in [0.25, 0.3) is 0 Å². The van der Waals surface area contributed by atoms with Crippen LogP contribution in [0.5, 0.6) is 0 Å². The number of hydrogen-bond donors (Lipinski definition) is 1. The number of nitrogens with two attached hydrogens (primary N) is 1. The number of rotatable bonds is 2. The molecule has 0 bridgehead atoms. The van der Waals surface area contributed by atoms with Crippen LogP contribution >= 0.6 is 0 Å². The summed E-state index contributed by atoms with van der Waals surface area (Å²) in [6.07, 6.45) is 1.27. The number of likely N-dealkylation sites (N-methyl/N-ethyl adjacent to an activating group) is 1. The monoisotopic (exact) mass is 176 g/mol. The number of amides is 1. The Morgan fingerprint density at radius 3 is 2.85 bits per heavy atom. The first-order chi connectivity index (χ1) is 6.15. The van der Waals surface area contributed by atoms with Gasteiger partial charge < -0.3 is 10.6 Å². The van der Waals surface area contributed by atoms with Crippen LogP contribution in [0.15, 0.2) is 36.9 Å². The Morgan fingerprint density at radius 1 is 1.62 bits per heavy atom. The number of nitrogens with zero attached hydrogens (tertiary/aromatic N) is 1. The number of hydrogen-bond acceptors (Lipinski definition) is 2. The molecule has 3 nitrogen and oxygen atoms in total. The predicted molar refractivity (Wildman–Crippen MR) is 54.5 cm³/mol. The first-order valence-electron chi connectivity index (χ1n) is 3.91. The quantitative estimate of drug-likeness (QED) is 0.547. The third-order valence-corrected chi connectivity index (χ3v) is 1.76. The highest BCUT2D eigenvalue weighted by Crippen LogP contribution is 2.15. The molecular formula is C10H12N2O. The normalized spacial score (nSPS) is 9.31. The molecule has 0 heterocycles. The van der Waals surface area contributed by atoms with Gasteiger partial charge in [0, 0.05) is 18.4 Å². The Bertz CT molecular complexity index is 333. The lowest BCUT2D eigenvalue weighted by molar-refractivity contribution is -0.113. The second kappa shape index (κ2) is 3.76. The zero-order valence-electron chi connectivity index (χ0n) is 7.53. The number of benzene rings is 1. The van der Waals surface area contributed by atoms with Gasteiger partial charge in [0.15, 0.2) is 0 Å². The van der Waals surface area contributed by atoms with Gasteiger partial charge in [0.1, 0.15) is 0 Å². The van der Waals surface area contributed by atoms with E-state index >= 15 is 0 Å². The molecule has 13 heavy (non-hydrogen) atoms. The highest BCUT2D eigenvalue weighted by Gasteiger charge is 2.05. The van der Waals surface area contributed by atoms with E-state index < -0.39 is 0 Å². The summed E-state index contributed by atoms with van der Waals surface area (Å²) in [5.41, 5.74) is 6.98. The largest absolute Gasteiger partial charge is 0.399 e. The molecule has 0 aromatic heterocycles. The van der Waals surface area contributed by atoms with Crippen molar-refractivity contribution in [2.45, 2.75) is 0 Å². The Labute approximate surface area is 77.5 Å². The molecule has 0 aliphatic heterocycles. The summed E-state index contributed by atoms with van der Waals surface area (Å²) < 4.78 is 0. The molecule has 1 rings (SSSR count). The summed E-state index contributed by atoms with van der Waals surface area (Å²) in [5, 5.41) is 0. The van der Waals surface area contributed by atoms with Gasteiger partial charge >= 0.3 is 0 Å². The van der Waals surface area contributed by atoms with Gasteiger partial charge in [0.05, 0.1) is 0 Å². The molecular weight excluding hydrogens is 164 g/mol. The van der Waals surface area contributed by atoms with Crippen LogP contribution in [-0.2, 0) is 4.79 Å². The van der Waals surface area contributed by atoms with Crippen molar-refractivity contribution >= 4 is 17.3 Å². The number of nitrogen functional groups attached to an aromatic ring is 1. The fourth-order valence-corrected chi connectivity index (χ4v) is 0.998. The van der Waals surface area contributed by atoms with Crippen molar-refractivity contribution in [3.05, 3.63) is 36.9 Å². The van der Waals surface area contributed by atoms with Gasteiger partial charge in [-0.2, -0.15) is 0 Å². The van der Waals surface area contributed by atoms with Crippen LogP contribution in [0.1, 0.15) is 0 Å². The first kappa shape index (κ1) is 9.32. The van der Waals surface area contributed by atoms with Crippen molar-refractivity contribution in [2.24, 2.45) is 0 Å². The molecule has 0 radical (unpaired) electrons. The second-order valence-corrected chi connectivity index (χ2v) is 2.70. The molecule has 0 fully saturated rings. The van der Waals surface area contributed by atoms with Crippen LogP contribution in [-0.4, -0.2) is 13.0 Å². The van der Waals surface area contributed by atoms with Crippen LogP contribution in [0.3, 0.4) is 0 Å². The summed E-state index contributed by atoms with van der Waals surface area (Å²) in [4.78, 5) is 12.7. The molecule has 0 aliphatic rings. The summed E-state index contributed by atoms with van der Waals surface area (Å²) in [7, 11) is 1.68. The molecule has 0 aliphatic carbocycles. The van der Waals surface area contributed by atoms with E-state index in [1.807, 2.05) is 6.07 Å².